The second kappa shape index (κ2) is 12.7. The Bertz CT molecular complexity index is 1550. The molecule has 0 fully saturated rings. The lowest BCUT2D eigenvalue weighted by molar-refractivity contribution is -0.140. The average molecular weight is 550 g/mol. The molecule has 7 heteroatoms. The zero-order valence-electron chi connectivity index (χ0n) is 23.5. The lowest BCUT2D eigenvalue weighted by atomic mass is 10.0. The topological polar surface area (TPSA) is 79.0 Å². The van der Waals surface area contributed by atoms with Gasteiger partial charge in [-0.3, -0.25) is 19.3 Å². The van der Waals surface area contributed by atoms with Crippen LogP contribution in [0.4, 0.5) is 5.69 Å². The number of unbranched alkanes of at least 4 members (excludes halogenated alkanes) is 1. The minimum absolute atomic E-state index is 0.176. The number of carbonyl (C=O) groups is 3. The number of anilines is 1. The maximum absolute atomic E-state index is 14.3. The minimum atomic E-state index is -0.774. The Labute approximate surface area is 240 Å². The van der Waals surface area contributed by atoms with Gasteiger partial charge < -0.3 is 15.0 Å². The van der Waals surface area contributed by atoms with Crippen molar-refractivity contribution in [3.8, 4) is 5.75 Å². The van der Waals surface area contributed by atoms with E-state index in [-0.39, 0.29) is 30.8 Å². The Morgan fingerprint density at radius 2 is 1.66 bits per heavy atom. The number of rotatable bonds is 12. The highest BCUT2D eigenvalue weighted by atomic mass is 16.5. The number of benzene rings is 4. The Balaban J connectivity index is 1.50. The summed E-state index contributed by atoms with van der Waals surface area (Å²) in [5.41, 5.74) is 3.07. The SMILES string of the molecule is CCCCNC(=O)[C@H](Cc1ccccc1)N(Cc1cccc(OC)c1)C(=O)CN1C(=O)c2cccc3cccc1c23. The van der Waals surface area contributed by atoms with E-state index in [1.165, 1.54) is 4.90 Å². The van der Waals surface area contributed by atoms with Gasteiger partial charge in [-0.15, -0.1) is 0 Å². The molecule has 0 unspecified atom stereocenters. The highest BCUT2D eigenvalue weighted by molar-refractivity contribution is 6.26. The normalized spacial score (nSPS) is 12.8. The van der Waals surface area contributed by atoms with Crippen molar-refractivity contribution in [2.24, 2.45) is 0 Å². The summed E-state index contributed by atoms with van der Waals surface area (Å²) in [6.45, 7) is 2.61. The number of hydrogen-bond acceptors (Lipinski definition) is 4. The molecule has 0 spiro atoms. The van der Waals surface area contributed by atoms with Crippen LogP contribution < -0.4 is 15.0 Å². The molecule has 1 N–H and O–H groups in total. The van der Waals surface area contributed by atoms with Crippen molar-refractivity contribution in [3.63, 3.8) is 0 Å². The summed E-state index contributed by atoms with van der Waals surface area (Å²) >= 11 is 0. The summed E-state index contributed by atoms with van der Waals surface area (Å²) in [5.74, 6) is -0.0634. The number of ether oxygens (including phenoxy) is 1. The molecule has 5 rings (SSSR count). The second-order valence-corrected chi connectivity index (χ2v) is 10.3. The summed E-state index contributed by atoms with van der Waals surface area (Å²) in [5, 5.41) is 4.85. The molecule has 0 saturated carbocycles. The van der Waals surface area contributed by atoms with E-state index < -0.39 is 6.04 Å². The van der Waals surface area contributed by atoms with E-state index in [1.807, 2.05) is 84.9 Å². The monoisotopic (exact) mass is 549 g/mol. The van der Waals surface area contributed by atoms with Gasteiger partial charge in [0.05, 0.1) is 12.8 Å². The first-order chi connectivity index (χ1) is 20.0. The van der Waals surface area contributed by atoms with Crippen LogP contribution in [0.3, 0.4) is 0 Å². The molecule has 0 radical (unpaired) electrons. The van der Waals surface area contributed by atoms with Crippen LogP contribution in [0, 0.1) is 0 Å². The summed E-state index contributed by atoms with van der Waals surface area (Å²) in [6.07, 6.45) is 2.13. The molecule has 1 aliphatic rings. The standard InChI is InChI=1S/C34H35N3O4/c1-3-4-19-35-33(39)30(21-24-11-6-5-7-12-24)36(22-25-13-8-16-27(20-25)41-2)31(38)23-37-29-18-10-15-26-14-9-17-28(32(26)29)34(37)40/h5-18,20,30H,3-4,19,21-23H2,1-2H3,(H,35,39)/t30-/m0/s1. The van der Waals surface area contributed by atoms with Crippen LogP contribution in [-0.4, -0.2) is 48.9 Å². The molecule has 3 amide bonds. The lowest BCUT2D eigenvalue weighted by Crippen LogP contribution is -2.53. The van der Waals surface area contributed by atoms with Crippen LogP contribution in [0.15, 0.2) is 91.0 Å². The maximum Gasteiger partial charge on any atom is 0.259 e. The smallest absolute Gasteiger partial charge is 0.259 e. The van der Waals surface area contributed by atoms with Crippen LogP contribution in [0.1, 0.15) is 41.3 Å². The molecule has 7 nitrogen and oxygen atoms in total. The Morgan fingerprint density at radius 3 is 2.41 bits per heavy atom. The first kappa shape index (κ1) is 27.9. The number of hydrogen-bond donors (Lipinski definition) is 1. The summed E-state index contributed by atoms with van der Waals surface area (Å²) in [6, 6.07) is 27.8. The van der Waals surface area contributed by atoms with Crippen molar-refractivity contribution < 1.29 is 19.1 Å². The van der Waals surface area contributed by atoms with E-state index in [0.717, 1.165) is 34.7 Å². The molecular formula is C34H35N3O4. The third-order valence-corrected chi connectivity index (χ3v) is 7.53. The van der Waals surface area contributed by atoms with Gasteiger partial charge in [-0.2, -0.15) is 0 Å². The van der Waals surface area contributed by atoms with Gasteiger partial charge in [0, 0.05) is 30.5 Å². The van der Waals surface area contributed by atoms with Crippen molar-refractivity contribution in [2.45, 2.75) is 38.8 Å². The van der Waals surface area contributed by atoms with Crippen LogP contribution in [-0.2, 0) is 22.6 Å². The fourth-order valence-electron chi connectivity index (χ4n) is 5.39. The maximum atomic E-state index is 14.3. The molecule has 0 aromatic heterocycles. The van der Waals surface area contributed by atoms with Crippen molar-refractivity contribution in [2.75, 3.05) is 25.1 Å². The first-order valence-corrected chi connectivity index (χ1v) is 14.1. The molecule has 1 aliphatic heterocycles. The van der Waals surface area contributed by atoms with E-state index in [1.54, 1.807) is 18.1 Å². The first-order valence-electron chi connectivity index (χ1n) is 14.1. The van der Waals surface area contributed by atoms with E-state index in [4.69, 9.17) is 4.74 Å². The quantitative estimate of drug-likeness (QED) is 0.241. The molecule has 210 valence electrons. The molecule has 4 aromatic rings. The Kier molecular flexibility index (Phi) is 8.63. The van der Waals surface area contributed by atoms with E-state index in [2.05, 4.69) is 12.2 Å². The summed E-state index contributed by atoms with van der Waals surface area (Å²) < 4.78 is 5.42. The summed E-state index contributed by atoms with van der Waals surface area (Å²) in [4.78, 5) is 44.6. The van der Waals surface area contributed by atoms with E-state index in [9.17, 15) is 14.4 Å². The van der Waals surface area contributed by atoms with Gasteiger partial charge in [0.2, 0.25) is 11.8 Å². The van der Waals surface area contributed by atoms with Gasteiger partial charge in [-0.1, -0.05) is 80.1 Å². The van der Waals surface area contributed by atoms with Crippen molar-refractivity contribution >= 4 is 34.2 Å². The number of nitrogens with zero attached hydrogens (tertiary/aromatic N) is 2. The van der Waals surface area contributed by atoms with Crippen molar-refractivity contribution in [1.82, 2.24) is 10.2 Å². The largest absolute Gasteiger partial charge is 0.497 e. The third-order valence-electron chi connectivity index (χ3n) is 7.53. The van der Waals surface area contributed by atoms with Gasteiger partial charge in [-0.05, 0) is 47.2 Å². The zero-order valence-corrected chi connectivity index (χ0v) is 23.5. The zero-order chi connectivity index (χ0) is 28.8. The predicted octanol–water partition coefficient (Wildman–Crippen LogP) is 5.37. The van der Waals surface area contributed by atoms with E-state index in [0.29, 0.717) is 30.0 Å². The number of carbonyl (C=O) groups excluding carboxylic acids is 3. The average Bonchev–Trinajstić information content (AvgIpc) is 3.27. The van der Waals surface area contributed by atoms with Crippen molar-refractivity contribution in [1.29, 1.82) is 0 Å². The van der Waals surface area contributed by atoms with Crippen LogP contribution in [0.2, 0.25) is 0 Å². The third kappa shape index (κ3) is 6.09. The van der Waals surface area contributed by atoms with Gasteiger partial charge >= 0.3 is 0 Å². The highest BCUT2D eigenvalue weighted by Crippen LogP contribution is 2.37. The molecule has 4 aromatic carbocycles. The van der Waals surface area contributed by atoms with Crippen LogP contribution in [0.25, 0.3) is 10.8 Å². The van der Waals surface area contributed by atoms with Crippen molar-refractivity contribution in [3.05, 3.63) is 108 Å². The molecule has 1 atom stereocenters. The van der Waals surface area contributed by atoms with Crippen LogP contribution >= 0.6 is 0 Å². The summed E-state index contributed by atoms with van der Waals surface area (Å²) in [7, 11) is 1.60. The van der Waals surface area contributed by atoms with E-state index >= 15 is 0 Å². The highest BCUT2D eigenvalue weighted by Gasteiger charge is 2.35. The number of amides is 3. The lowest BCUT2D eigenvalue weighted by Gasteiger charge is -2.33. The molecule has 41 heavy (non-hydrogen) atoms. The molecular weight excluding hydrogens is 514 g/mol. The van der Waals surface area contributed by atoms with Gasteiger partial charge in [0.15, 0.2) is 0 Å². The second-order valence-electron chi connectivity index (χ2n) is 10.3. The predicted molar refractivity (Wildman–Crippen MR) is 161 cm³/mol. The fourth-order valence-corrected chi connectivity index (χ4v) is 5.39. The molecule has 0 saturated heterocycles. The van der Waals surface area contributed by atoms with Gasteiger partial charge in [0.25, 0.3) is 5.91 Å². The molecule has 1 heterocycles. The number of methoxy groups -OCH3 is 1. The number of nitrogens with one attached hydrogen (secondary N) is 1. The molecule has 0 aliphatic carbocycles. The van der Waals surface area contributed by atoms with Crippen LogP contribution in [0.5, 0.6) is 5.75 Å². The van der Waals surface area contributed by atoms with Gasteiger partial charge in [0.1, 0.15) is 18.3 Å². The Hall–Kier alpha value is -4.65. The Morgan fingerprint density at radius 1 is 0.927 bits per heavy atom. The minimum Gasteiger partial charge on any atom is -0.497 e. The van der Waals surface area contributed by atoms with Gasteiger partial charge in [-0.25, -0.2) is 0 Å². The molecule has 0 bridgehead atoms. The fraction of sp³-hybridized carbons (Fsp3) is 0.265.